The summed E-state index contributed by atoms with van der Waals surface area (Å²) in [6.45, 7) is 0. The monoisotopic (exact) mass is 217 g/mol. The van der Waals surface area contributed by atoms with Gasteiger partial charge < -0.3 is 0 Å². The summed E-state index contributed by atoms with van der Waals surface area (Å²) in [4.78, 5) is 29.3. The third-order valence-corrected chi connectivity index (χ3v) is 2.10. The summed E-state index contributed by atoms with van der Waals surface area (Å²) in [7, 11) is 0. The molecule has 0 aromatic carbocycles. The van der Waals surface area contributed by atoms with Crippen molar-refractivity contribution in [2.45, 2.75) is 0 Å². The number of aromatic nitrogens is 2. The van der Waals surface area contributed by atoms with Crippen molar-refractivity contribution in [3.63, 3.8) is 0 Å². The van der Waals surface area contributed by atoms with E-state index in [0.29, 0.717) is 0 Å². The number of amides is 2. The Hall–Kier alpha value is -1.20. The summed E-state index contributed by atoms with van der Waals surface area (Å²) in [5.41, 5.74) is -0.168. The fourth-order valence-corrected chi connectivity index (χ4v) is 1.19. The van der Waals surface area contributed by atoms with Crippen molar-refractivity contribution in [2.24, 2.45) is 0 Å². The third kappa shape index (κ3) is 1.16. The minimum absolute atomic E-state index is 0.0839. The van der Waals surface area contributed by atoms with Crippen molar-refractivity contribution in [3.05, 3.63) is 21.7 Å². The highest BCUT2D eigenvalue weighted by molar-refractivity contribution is 6.40. The topological polar surface area (TPSA) is 72.0 Å². The number of nitrogens with zero attached hydrogens (tertiary/aromatic N) is 2. The van der Waals surface area contributed by atoms with E-state index in [2.05, 4.69) is 9.97 Å². The number of rotatable bonds is 0. The van der Waals surface area contributed by atoms with Crippen LogP contribution < -0.4 is 5.32 Å². The Balaban J connectivity index is 2.72. The van der Waals surface area contributed by atoms with E-state index in [0.717, 1.165) is 0 Å². The van der Waals surface area contributed by atoms with Gasteiger partial charge in [0.05, 0.1) is 0 Å². The third-order valence-electron chi connectivity index (χ3n) is 1.47. The highest BCUT2D eigenvalue weighted by Gasteiger charge is 2.31. The SMILES string of the molecule is O=C1NC(=O)c2nc(Cl)c(Cl)nc21. The molecule has 1 aliphatic rings. The van der Waals surface area contributed by atoms with Crippen molar-refractivity contribution in [1.82, 2.24) is 15.3 Å². The molecule has 1 aromatic rings. The molecule has 7 heteroatoms. The molecule has 1 N–H and O–H groups in total. The van der Waals surface area contributed by atoms with Crippen molar-refractivity contribution in [3.8, 4) is 0 Å². The van der Waals surface area contributed by atoms with Gasteiger partial charge in [-0.2, -0.15) is 0 Å². The van der Waals surface area contributed by atoms with Crippen molar-refractivity contribution < 1.29 is 9.59 Å². The van der Waals surface area contributed by atoms with Crippen LogP contribution in [-0.2, 0) is 0 Å². The Bertz CT molecular complexity index is 393. The van der Waals surface area contributed by atoms with Crippen LogP contribution in [0.1, 0.15) is 21.0 Å². The van der Waals surface area contributed by atoms with Crippen LogP contribution in [0.3, 0.4) is 0 Å². The molecule has 2 heterocycles. The quantitative estimate of drug-likeness (QED) is 0.649. The number of halogens is 2. The first-order chi connectivity index (χ1) is 6.09. The molecule has 66 valence electrons. The van der Waals surface area contributed by atoms with Gasteiger partial charge in [-0.25, -0.2) is 9.97 Å². The predicted molar refractivity (Wildman–Crippen MR) is 43.8 cm³/mol. The summed E-state index contributed by atoms with van der Waals surface area (Å²) < 4.78 is 0. The minimum atomic E-state index is -0.605. The zero-order valence-electron chi connectivity index (χ0n) is 5.97. The maximum absolute atomic E-state index is 11.0. The Kier molecular flexibility index (Phi) is 1.71. The van der Waals surface area contributed by atoms with Gasteiger partial charge >= 0.3 is 0 Å². The Morgan fingerprint density at radius 2 is 1.31 bits per heavy atom. The Labute approximate surface area is 82.1 Å². The predicted octanol–water partition coefficient (Wildman–Crippen LogP) is 0.667. The Morgan fingerprint density at radius 3 is 1.69 bits per heavy atom. The molecule has 5 nitrogen and oxygen atoms in total. The normalized spacial score (nSPS) is 14.3. The van der Waals surface area contributed by atoms with E-state index in [-0.39, 0.29) is 21.7 Å². The second-order valence-corrected chi connectivity index (χ2v) is 3.00. The first-order valence-electron chi connectivity index (χ1n) is 3.18. The number of nitrogens with one attached hydrogen (secondary N) is 1. The molecule has 0 saturated heterocycles. The lowest BCUT2D eigenvalue weighted by atomic mass is 10.3. The molecule has 0 saturated carbocycles. The number of imide groups is 1. The number of hydrogen-bond donors (Lipinski definition) is 1. The van der Waals surface area contributed by atoms with E-state index < -0.39 is 11.8 Å². The summed E-state index contributed by atoms with van der Waals surface area (Å²) in [6, 6.07) is 0. The summed E-state index contributed by atoms with van der Waals surface area (Å²) in [6.07, 6.45) is 0. The van der Waals surface area contributed by atoms with Crippen LogP contribution in [0.15, 0.2) is 0 Å². The van der Waals surface area contributed by atoms with Gasteiger partial charge in [-0.05, 0) is 0 Å². The van der Waals surface area contributed by atoms with Crippen molar-refractivity contribution in [1.29, 1.82) is 0 Å². The molecule has 1 aliphatic heterocycles. The van der Waals surface area contributed by atoms with Gasteiger partial charge in [0.2, 0.25) is 0 Å². The van der Waals surface area contributed by atoms with Crippen LogP contribution in [0.5, 0.6) is 0 Å². The van der Waals surface area contributed by atoms with Crippen molar-refractivity contribution in [2.75, 3.05) is 0 Å². The average molecular weight is 218 g/mol. The first kappa shape index (κ1) is 8.40. The molecule has 0 radical (unpaired) electrons. The van der Waals surface area contributed by atoms with Gasteiger partial charge in [0.1, 0.15) is 0 Å². The molecule has 0 atom stereocenters. The molecule has 0 spiro atoms. The van der Waals surface area contributed by atoms with Crippen molar-refractivity contribution >= 4 is 35.0 Å². The molecule has 0 fully saturated rings. The minimum Gasteiger partial charge on any atom is -0.285 e. The zero-order valence-corrected chi connectivity index (χ0v) is 7.48. The van der Waals surface area contributed by atoms with E-state index in [1.807, 2.05) is 5.32 Å². The number of hydrogen-bond acceptors (Lipinski definition) is 4. The van der Waals surface area contributed by atoms with Gasteiger partial charge in [-0.15, -0.1) is 0 Å². The lowest BCUT2D eigenvalue weighted by Gasteiger charge is -1.95. The van der Waals surface area contributed by atoms with Crippen LogP contribution in [0.25, 0.3) is 0 Å². The highest BCUT2D eigenvalue weighted by atomic mass is 35.5. The van der Waals surface area contributed by atoms with Gasteiger partial charge in [0.25, 0.3) is 11.8 Å². The average Bonchev–Trinajstić information content (AvgIpc) is 2.31. The number of fused-ring (bicyclic) bond motifs is 1. The van der Waals surface area contributed by atoms with Crippen LogP contribution >= 0.6 is 23.2 Å². The smallest absolute Gasteiger partial charge is 0.279 e. The number of carbonyl (C=O) groups is 2. The zero-order chi connectivity index (χ0) is 9.59. The Morgan fingerprint density at radius 1 is 0.923 bits per heavy atom. The largest absolute Gasteiger partial charge is 0.285 e. The van der Waals surface area contributed by atoms with Gasteiger partial charge in [0, 0.05) is 0 Å². The van der Waals surface area contributed by atoms with E-state index >= 15 is 0 Å². The van der Waals surface area contributed by atoms with Gasteiger partial charge in [-0.3, -0.25) is 14.9 Å². The first-order valence-corrected chi connectivity index (χ1v) is 3.94. The highest BCUT2D eigenvalue weighted by Crippen LogP contribution is 2.21. The van der Waals surface area contributed by atoms with Crippen LogP contribution in [0.4, 0.5) is 0 Å². The maximum atomic E-state index is 11.0. The second-order valence-electron chi connectivity index (χ2n) is 2.29. The fraction of sp³-hybridized carbons (Fsp3) is 0. The molecule has 0 unspecified atom stereocenters. The van der Waals surface area contributed by atoms with E-state index in [1.54, 1.807) is 0 Å². The summed E-state index contributed by atoms with van der Waals surface area (Å²) >= 11 is 11.0. The standard InChI is InChI=1S/C6HCl2N3O2/c7-3-4(8)10-2-1(9-3)5(12)11-6(2)13/h(H,11,12,13). The van der Waals surface area contributed by atoms with E-state index in [4.69, 9.17) is 23.2 Å². The molecular formula is C6HCl2N3O2. The van der Waals surface area contributed by atoms with E-state index in [9.17, 15) is 9.59 Å². The van der Waals surface area contributed by atoms with Gasteiger partial charge in [-0.1, -0.05) is 23.2 Å². The molecule has 0 bridgehead atoms. The van der Waals surface area contributed by atoms with Crippen LogP contribution in [-0.4, -0.2) is 21.8 Å². The fourth-order valence-electron chi connectivity index (χ4n) is 0.933. The van der Waals surface area contributed by atoms with Gasteiger partial charge in [0.15, 0.2) is 21.7 Å². The van der Waals surface area contributed by atoms with Crippen LogP contribution in [0, 0.1) is 0 Å². The molecule has 0 aliphatic carbocycles. The number of carbonyl (C=O) groups excluding carboxylic acids is 2. The molecule has 13 heavy (non-hydrogen) atoms. The van der Waals surface area contributed by atoms with Crippen LogP contribution in [0.2, 0.25) is 10.3 Å². The summed E-state index contributed by atoms with van der Waals surface area (Å²) in [5, 5.41) is 1.83. The lowest BCUT2D eigenvalue weighted by molar-refractivity contribution is 0.0876. The molecule has 2 rings (SSSR count). The lowest BCUT2D eigenvalue weighted by Crippen LogP contribution is -2.20. The second kappa shape index (κ2) is 2.65. The summed E-state index contributed by atoms with van der Waals surface area (Å²) in [5.74, 6) is -1.21. The molecule has 2 amide bonds. The van der Waals surface area contributed by atoms with E-state index in [1.165, 1.54) is 0 Å². The molecular weight excluding hydrogens is 217 g/mol. The maximum Gasteiger partial charge on any atom is 0.279 e. The molecule has 1 aromatic heterocycles.